The lowest BCUT2D eigenvalue weighted by atomic mass is 9.90. The molecule has 0 saturated heterocycles. The molecule has 228 valence electrons. The van der Waals surface area contributed by atoms with Crippen LogP contribution in [0.1, 0.15) is 22.3 Å². The zero-order valence-corrected chi connectivity index (χ0v) is 26.7. The number of hydrogen-bond donors (Lipinski definition) is 0. The molecule has 0 amide bonds. The molecule has 4 bridgehead atoms. The molecule has 13 rings (SSSR count). The van der Waals surface area contributed by atoms with E-state index in [4.69, 9.17) is 0 Å². The second-order valence-corrected chi connectivity index (χ2v) is 13.3. The standard InChI is InChI=1S/C46H34N2/c1-4-13-43-38(10-1)39-11-2-5-14-44(39)48(43)37-26-27-46-42(30-37)40-12-3-6-15-45(40)47(46)36-9-7-8-35(29-36)41-28-33-21-20-31-16-18-32(19-17-31)22-24-34(41)25-23-33/h1-19,23,25-30H,20-22,24H2. The highest BCUT2D eigenvalue weighted by atomic mass is 15.0. The fourth-order valence-electron chi connectivity index (χ4n) is 8.10. The molecule has 9 aromatic rings. The highest BCUT2D eigenvalue weighted by molar-refractivity contribution is 6.12. The molecule has 0 unspecified atom stereocenters. The van der Waals surface area contributed by atoms with Gasteiger partial charge in [-0.1, -0.05) is 109 Å². The number of fused-ring (bicyclic) bond motifs is 6. The molecule has 2 aromatic heterocycles. The number of aromatic nitrogens is 2. The minimum atomic E-state index is 1.03. The fourth-order valence-corrected chi connectivity index (χ4v) is 8.10. The maximum absolute atomic E-state index is 2.45. The summed E-state index contributed by atoms with van der Waals surface area (Å²) >= 11 is 0. The van der Waals surface area contributed by atoms with E-state index >= 15 is 0 Å². The first kappa shape index (κ1) is 27.3. The van der Waals surface area contributed by atoms with Crippen molar-refractivity contribution < 1.29 is 0 Å². The van der Waals surface area contributed by atoms with Crippen LogP contribution in [0.25, 0.3) is 66.1 Å². The van der Waals surface area contributed by atoms with E-state index in [2.05, 4.69) is 167 Å². The summed E-state index contributed by atoms with van der Waals surface area (Å²) in [7, 11) is 0. The summed E-state index contributed by atoms with van der Waals surface area (Å²) in [5.74, 6) is 0. The van der Waals surface area contributed by atoms with Gasteiger partial charge in [0.15, 0.2) is 0 Å². The van der Waals surface area contributed by atoms with Crippen molar-refractivity contribution in [2.24, 2.45) is 0 Å². The van der Waals surface area contributed by atoms with Crippen molar-refractivity contribution >= 4 is 43.6 Å². The molecule has 0 spiro atoms. The predicted octanol–water partition coefficient (Wildman–Crippen LogP) is 11.4. The van der Waals surface area contributed by atoms with Crippen LogP contribution in [0.4, 0.5) is 0 Å². The van der Waals surface area contributed by atoms with Crippen molar-refractivity contribution in [3.63, 3.8) is 0 Å². The van der Waals surface area contributed by atoms with Gasteiger partial charge in [-0.2, -0.15) is 0 Å². The van der Waals surface area contributed by atoms with Crippen LogP contribution in [0.3, 0.4) is 0 Å². The van der Waals surface area contributed by atoms with Crippen LogP contribution in [0.15, 0.2) is 158 Å². The van der Waals surface area contributed by atoms with Gasteiger partial charge in [0.05, 0.1) is 22.1 Å². The summed E-state index contributed by atoms with van der Waals surface area (Å²) in [6, 6.07) is 58.9. The second-order valence-electron chi connectivity index (χ2n) is 13.3. The van der Waals surface area contributed by atoms with Gasteiger partial charge in [-0.3, -0.25) is 0 Å². The Morgan fingerprint density at radius 1 is 0.333 bits per heavy atom. The molecule has 2 heteroatoms. The third kappa shape index (κ3) is 4.33. The van der Waals surface area contributed by atoms with Gasteiger partial charge >= 0.3 is 0 Å². The molecule has 7 aromatic carbocycles. The lowest BCUT2D eigenvalue weighted by Gasteiger charge is -2.16. The van der Waals surface area contributed by atoms with Crippen LogP contribution in [0.5, 0.6) is 0 Å². The van der Waals surface area contributed by atoms with E-state index in [9.17, 15) is 0 Å². The summed E-state index contributed by atoms with van der Waals surface area (Å²) in [6.07, 6.45) is 4.19. The Kier molecular flexibility index (Phi) is 6.17. The highest BCUT2D eigenvalue weighted by Crippen LogP contribution is 2.38. The molecule has 0 saturated carbocycles. The van der Waals surface area contributed by atoms with Gasteiger partial charge in [0.2, 0.25) is 0 Å². The van der Waals surface area contributed by atoms with E-state index in [1.165, 1.54) is 88.4 Å². The van der Waals surface area contributed by atoms with Crippen molar-refractivity contribution in [3.05, 3.63) is 180 Å². The van der Waals surface area contributed by atoms with Crippen molar-refractivity contribution in [3.8, 4) is 22.5 Å². The first-order chi connectivity index (χ1) is 23.8. The van der Waals surface area contributed by atoms with Crippen LogP contribution in [-0.4, -0.2) is 9.13 Å². The van der Waals surface area contributed by atoms with E-state index < -0.39 is 0 Å². The molecule has 0 radical (unpaired) electrons. The number of nitrogens with zero attached hydrogens (tertiary/aromatic N) is 2. The van der Waals surface area contributed by atoms with Crippen LogP contribution < -0.4 is 0 Å². The number of para-hydroxylation sites is 3. The van der Waals surface area contributed by atoms with E-state index in [0.717, 1.165) is 25.7 Å². The van der Waals surface area contributed by atoms with Gasteiger partial charge in [-0.15, -0.1) is 0 Å². The summed E-state index contributed by atoms with van der Waals surface area (Å²) in [5.41, 5.74) is 15.6. The first-order valence-corrected chi connectivity index (χ1v) is 17.1. The van der Waals surface area contributed by atoms with Crippen molar-refractivity contribution in [2.45, 2.75) is 25.7 Å². The van der Waals surface area contributed by atoms with E-state index in [0.29, 0.717) is 0 Å². The van der Waals surface area contributed by atoms with Gasteiger partial charge in [0.1, 0.15) is 0 Å². The largest absolute Gasteiger partial charge is 0.309 e. The second kappa shape index (κ2) is 10.9. The van der Waals surface area contributed by atoms with E-state index in [1.807, 2.05) is 0 Å². The Labute approximate surface area is 280 Å². The summed E-state index contributed by atoms with van der Waals surface area (Å²) in [4.78, 5) is 0. The number of aryl methyl sites for hydroxylation is 4. The lowest BCUT2D eigenvalue weighted by Crippen LogP contribution is -2.01. The molecular weight excluding hydrogens is 581 g/mol. The number of benzene rings is 7. The molecule has 0 atom stereocenters. The predicted molar refractivity (Wildman–Crippen MR) is 202 cm³/mol. The zero-order valence-electron chi connectivity index (χ0n) is 26.7. The topological polar surface area (TPSA) is 9.86 Å². The third-order valence-corrected chi connectivity index (χ3v) is 10.5. The average molecular weight is 615 g/mol. The lowest BCUT2D eigenvalue weighted by molar-refractivity contribution is 0.923. The first-order valence-electron chi connectivity index (χ1n) is 17.1. The Bertz CT molecular complexity index is 2610. The van der Waals surface area contributed by atoms with Crippen molar-refractivity contribution in [1.82, 2.24) is 9.13 Å². The van der Waals surface area contributed by atoms with Crippen LogP contribution >= 0.6 is 0 Å². The number of rotatable bonds is 3. The highest BCUT2D eigenvalue weighted by Gasteiger charge is 2.17. The third-order valence-electron chi connectivity index (χ3n) is 10.5. The quantitative estimate of drug-likeness (QED) is 0.187. The molecule has 4 aliphatic rings. The fraction of sp³-hybridized carbons (Fsp3) is 0.0870. The Balaban J connectivity index is 1.13. The summed E-state index contributed by atoms with van der Waals surface area (Å²) < 4.78 is 4.87. The Hall–Kier alpha value is -5.86. The monoisotopic (exact) mass is 614 g/mol. The van der Waals surface area contributed by atoms with E-state index in [1.54, 1.807) is 0 Å². The van der Waals surface area contributed by atoms with Crippen LogP contribution in [0, 0.1) is 0 Å². The summed E-state index contributed by atoms with van der Waals surface area (Å²) in [5, 5.41) is 5.10. The molecule has 0 fully saturated rings. The minimum absolute atomic E-state index is 1.03. The van der Waals surface area contributed by atoms with Gasteiger partial charge in [0, 0.05) is 32.9 Å². The van der Waals surface area contributed by atoms with Crippen molar-refractivity contribution in [2.75, 3.05) is 0 Å². The molecular formula is C46H34N2. The Morgan fingerprint density at radius 3 is 1.52 bits per heavy atom. The molecule has 0 N–H and O–H groups in total. The maximum Gasteiger partial charge on any atom is 0.0542 e. The van der Waals surface area contributed by atoms with Crippen LogP contribution in [0.2, 0.25) is 0 Å². The average Bonchev–Trinajstić information content (AvgIpc) is 3.65. The molecule has 0 aliphatic heterocycles. The zero-order chi connectivity index (χ0) is 31.6. The SMILES string of the molecule is c1cc(-c2cc3ccc2CCc2ccc(cc2)CC3)cc(-n2c3ccccc3c3cc(-n4c5ccccc5c5ccccc54)ccc32)c1. The molecule has 4 aliphatic carbocycles. The van der Waals surface area contributed by atoms with Gasteiger partial charge in [-0.25, -0.2) is 0 Å². The van der Waals surface area contributed by atoms with Gasteiger partial charge in [-0.05, 0) is 108 Å². The molecule has 2 heterocycles. The Morgan fingerprint density at radius 2 is 0.854 bits per heavy atom. The summed E-state index contributed by atoms with van der Waals surface area (Å²) in [6.45, 7) is 0. The van der Waals surface area contributed by atoms with Crippen molar-refractivity contribution in [1.29, 1.82) is 0 Å². The molecule has 2 nitrogen and oxygen atoms in total. The maximum atomic E-state index is 2.45. The number of hydrogen-bond acceptors (Lipinski definition) is 0. The van der Waals surface area contributed by atoms with E-state index in [-0.39, 0.29) is 0 Å². The molecule has 48 heavy (non-hydrogen) atoms. The smallest absolute Gasteiger partial charge is 0.0542 e. The van der Waals surface area contributed by atoms with Gasteiger partial charge in [0.25, 0.3) is 0 Å². The van der Waals surface area contributed by atoms with Crippen LogP contribution in [-0.2, 0) is 25.7 Å². The van der Waals surface area contributed by atoms with Gasteiger partial charge < -0.3 is 9.13 Å². The minimum Gasteiger partial charge on any atom is -0.309 e. The normalized spacial score (nSPS) is 13.1.